The molecule has 0 fully saturated rings. The van der Waals surface area contributed by atoms with Gasteiger partial charge in [-0.25, -0.2) is 4.39 Å². The van der Waals surface area contributed by atoms with Gasteiger partial charge < -0.3 is 0 Å². The van der Waals surface area contributed by atoms with Gasteiger partial charge in [0, 0.05) is 0 Å². The number of alkyl halides is 1. The number of allylic oxidation sites excluding steroid dienone is 2. The molecule has 0 saturated carbocycles. The third-order valence-corrected chi connectivity index (χ3v) is 1.07. The second kappa shape index (κ2) is 1.23. The fourth-order valence-electron chi connectivity index (χ4n) is 0.256. The standard InChI is InChI=1S/C4H3ClF/c5-3-1-2-4(3)6/h3H,1H2. The Morgan fingerprint density at radius 1 is 2.00 bits per heavy atom. The Morgan fingerprint density at radius 3 is 2.50 bits per heavy atom. The zero-order valence-corrected chi connectivity index (χ0v) is 3.80. The van der Waals surface area contributed by atoms with Crippen molar-refractivity contribution in [3.8, 4) is 0 Å². The van der Waals surface area contributed by atoms with E-state index in [1.165, 1.54) is 0 Å². The topological polar surface area (TPSA) is 0 Å². The van der Waals surface area contributed by atoms with Crippen molar-refractivity contribution in [2.45, 2.75) is 11.8 Å². The van der Waals surface area contributed by atoms with E-state index in [1.54, 1.807) is 0 Å². The van der Waals surface area contributed by atoms with Gasteiger partial charge in [0.05, 0.1) is 5.38 Å². The summed E-state index contributed by atoms with van der Waals surface area (Å²) in [6, 6.07) is 0. The summed E-state index contributed by atoms with van der Waals surface area (Å²) in [5.74, 6) is -0.295. The molecule has 1 rings (SSSR count). The minimum absolute atomic E-state index is 0.295. The summed E-state index contributed by atoms with van der Waals surface area (Å²) in [6.45, 7) is 0. The highest BCUT2D eigenvalue weighted by atomic mass is 35.5. The van der Waals surface area contributed by atoms with Crippen LogP contribution in [-0.2, 0) is 0 Å². The van der Waals surface area contributed by atoms with Gasteiger partial charge in [-0.05, 0) is 12.5 Å². The summed E-state index contributed by atoms with van der Waals surface area (Å²) >= 11 is 5.22. The highest BCUT2D eigenvalue weighted by Crippen LogP contribution is 2.24. The number of rotatable bonds is 0. The molecule has 0 aliphatic heterocycles. The highest BCUT2D eigenvalue weighted by molar-refractivity contribution is 6.22. The summed E-state index contributed by atoms with van der Waals surface area (Å²) in [5.41, 5.74) is 0. The minimum atomic E-state index is -0.356. The molecule has 0 aromatic heterocycles. The summed E-state index contributed by atoms with van der Waals surface area (Å²) in [4.78, 5) is 0. The molecular formula is C4H3ClF. The Bertz CT molecular complexity index is 87.5. The van der Waals surface area contributed by atoms with Crippen molar-refractivity contribution in [2.24, 2.45) is 0 Å². The van der Waals surface area contributed by atoms with E-state index < -0.39 is 0 Å². The predicted octanol–water partition coefficient (Wildman–Crippen LogP) is 1.65. The van der Waals surface area contributed by atoms with Crippen molar-refractivity contribution >= 4 is 11.6 Å². The van der Waals surface area contributed by atoms with Gasteiger partial charge in [0.2, 0.25) is 0 Å². The molecule has 6 heavy (non-hydrogen) atoms. The van der Waals surface area contributed by atoms with Crippen molar-refractivity contribution < 1.29 is 4.39 Å². The molecule has 0 spiro atoms. The monoisotopic (exact) mass is 105 g/mol. The van der Waals surface area contributed by atoms with Crippen LogP contribution >= 0.6 is 11.6 Å². The minimum Gasteiger partial charge on any atom is -0.210 e. The quantitative estimate of drug-likeness (QED) is 0.411. The molecule has 0 saturated heterocycles. The van der Waals surface area contributed by atoms with Crippen LogP contribution in [-0.4, -0.2) is 5.38 Å². The van der Waals surface area contributed by atoms with Gasteiger partial charge in [-0.15, -0.1) is 11.6 Å². The molecule has 1 aliphatic rings. The first-order chi connectivity index (χ1) is 2.80. The zero-order chi connectivity index (χ0) is 4.57. The van der Waals surface area contributed by atoms with Gasteiger partial charge in [0.1, 0.15) is 5.83 Å². The Kier molecular flexibility index (Phi) is 0.845. The first-order valence-corrected chi connectivity index (χ1v) is 2.14. The molecular weight excluding hydrogens is 102 g/mol. The van der Waals surface area contributed by atoms with Crippen LogP contribution in [0.5, 0.6) is 0 Å². The number of hydrogen-bond donors (Lipinski definition) is 0. The van der Waals surface area contributed by atoms with Gasteiger partial charge >= 0.3 is 0 Å². The van der Waals surface area contributed by atoms with E-state index in [9.17, 15) is 4.39 Å². The summed E-state index contributed by atoms with van der Waals surface area (Å²) in [7, 11) is 0. The smallest absolute Gasteiger partial charge is 0.122 e. The first-order valence-electron chi connectivity index (χ1n) is 1.71. The van der Waals surface area contributed by atoms with Crippen LogP contribution in [0, 0.1) is 6.08 Å². The van der Waals surface area contributed by atoms with Crippen LogP contribution in [0.3, 0.4) is 0 Å². The number of hydrogen-bond acceptors (Lipinski definition) is 0. The van der Waals surface area contributed by atoms with E-state index in [-0.39, 0.29) is 11.2 Å². The maximum atomic E-state index is 11.6. The Balaban J connectivity index is 2.51. The van der Waals surface area contributed by atoms with Gasteiger partial charge in [0.25, 0.3) is 0 Å². The lowest BCUT2D eigenvalue weighted by Gasteiger charge is -2.09. The van der Waals surface area contributed by atoms with E-state index in [4.69, 9.17) is 11.6 Å². The predicted molar refractivity (Wildman–Crippen MR) is 22.1 cm³/mol. The molecule has 0 aromatic rings. The molecule has 33 valence electrons. The lowest BCUT2D eigenvalue weighted by Crippen LogP contribution is -2.07. The molecule has 0 aromatic carbocycles. The van der Waals surface area contributed by atoms with Gasteiger partial charge in [-0.3, -0.25) is 0 Å². The van der Waals surface area contributed by atoms with Crippen LogP contribution in [0.15, 0.2) is 5.83 Å². The number of halogens is 2. The third kappa shape index (κ3) is 0.432. The molecule has 1 radical (unpaired) electrons. The molecule has 1 atom stereocenters. The Labute approximate surface area is 40.6 Å². The maximum absolute atomic E-state index is 11.6. The van der Waals surface area contributed by atoms with Crippen LogP contribution in [0.2, 0.25) is 0 Å². The zero-order valence-electron chi connectivity index (χ0n) is 3.04. The summed E-state index contributed by atoms with van der Waals surface area (Å²) in [6.07, 6.45) is 2.95. The van der Waals surface area contributed by atoms with E-state index >= 15 is 0 Å². The molecule has 0 amide bonds. The highest BCUT2D eigenvalue weighted by Gasteiger charge is 2.17. The van der Waals surface area contributed by atoms with Gasteiger partial charge in [0.15, 0.2) is 0 Å². The largest absolute Gasteiger partial charge is 0.210 e. The lowest BCUT2D eigenvalue weighted by molar-refractivity contribution is 0.541. The molecule has 0 N–H and O–H groups in total. The summed E-state index contributed by atoms with van der Waals surface area (Å²) < 4.78 is 11.6. The van der Waals surface area contributed by atoms with Crippen LogP contribution in [0.4, 0.5) is 4.39 Å². The van der Waals surface area contributed by atoms with Crippen LogP contribution < -0.4 is 0 Å². The van der Waals surface area contributed by atoms with E-state index in [0.29, 0.717) is 6.42 Å². The van der Waals surface area contributed by atoms with Crippen molar-refractivity contribution in [3.05, 3.63) is 11.9 Å². The second-order valence-corrected chi connectivity index (χ2v) is 1.72. The molecule has 1 unspecified atom stereocenters. The molecule has 0 bridgehead atoms. The van der Waals surface area contributed by atoms with Crippen molar-refractivity contribution in [1.29, 1.82) is 0 Å². The fourth-order valence-corrected chi connectivity index (χ4v) is 0.411. The average molecular weight is 106 g/mol. The Hall–Kier alpha value is -0.0400. The normalized spacial score (nSPS) is 31.7. The van der Waals surface area contributed by atoms with E-state index in [0.717, 1.165) is 0 Å². The molecule has 0 nitrogen and oxygen atoms in total. The first kappa shape index (κ1) is 4.13. The van der Waals surface area contributed by atoms with E-state index in [1.807, 2.05) is 0 Å². The third-order valence-electron chi connectivity index (χ3n) is 0.725. The van der Waals surface area contributed by atoms with Gasteiger partial charge in [-0.2, -0.15) is 0 Å². The van der Waals surface area contributed by atoms with Gasteiger partial charge in [-0.1, -0.05) is 0 Å². The second-order valence-electron chi connectivity index (χ2n) is 1.20. The SMILES string of the molecule is FC1=[C]CC1Cl. The maximum Gasteiger partial charge on any atom is 0.122 e. The fraction of sp³-hybridized carbons (Fsp3) is 0.500. The van der Waals surface area contributed by atoms with Crippen molar-refractivity contribution in [2.75, 3.05) is 0 Å². The molecule has 0 heterocycles. The van der Waals surface area contributed by atoms with E-state index in [2.05, 4.69) is 6.08 Å². The van der Waals surface area contributed by atoms with Crippen LogP contribution in [0.1, 0.15) is 6.42 Å². The van der Waals surface area contributed by atoms with Crippen molar-refractivity contribution in [3.63, 3.8) is 0 Å². The van der Waals surface area contributed by atoms with Crippen molar-refractivity contribution in [1.82, 2.24) is 0 Å². The molecule has 2 heteroatoms. The van der Waals surface area contributed by atoms with Crippen LogP contribution in [0.25, 0.3) is 0 Å². The molecule has 1 aliphatic carbocycles. The summed E-state index contributed by atoms with van der Waals surface area (Å²) in [5, 5.41) is -0.356. The Morgan fingerprint density at radius 2 is 2.50 bits per heavy atom. The lowest BCUT2D eigenvalue weighted by atomic mass is 10.1. The average Bonchev–Trinajstić information content (AvgIpc) is 1.61.